The Labute approximate surface area is 133 Å². The predicted molar refractivity (Wildman–Crippen MR) is 81.4 cm³/mol. The van der Waals surface area contributed by atoms with Crippen molar-refractivity contribution in [2.75, 3.05) is 13.1 Å². The van der Waals surface area contributed by atoms with Crippen molar-refractivity contribution in [2.24, 2.45) is 0 Å². The second kappa shape index (κ2) is 6.76. The van der Waals surface area contributed by atoms with Crippen LogP contribution in [0.25, 0.3) is 0 Å². The van der Waals surface area contributed by atoms with Gasteiger partial charge in [0, 0.05) is 13.1 Å². The molecule has 1 unspecified atom stereocenters. The zero-order valence-electron chi connectivity index (χ0n) is 12.9. The maximum absolute atomic E-state index is 13.6. The van der Waals surface area contributed by atoms with Crippen LogP contribution in [0.2, 0.25) is 0 Å². The van der Waals surface area contributed by atoms with Crippen LogP contribution in [0.3, 0.4) is 0 Å². The van der Waals surface area contributed by atoms with Gasteiger partial charge in [0.2, 0.25) is 0 Å². The van der Waals surface area contributed by atoms with E-state index in [2.05, 4.69) is 10.2 Å². The number of benzene rings is 1. The Bertz CT molecular complexity index is 654. The second-order valence-electron chi connectivity index (χ2n) is 5.60. The summed E-state index contributed by atoms with van der Waals surface area (Å²) in [6.07, 6.45) is 4.19. The fraction of sp³-hybridized carbons (Fsp3) is 0.438. The highest BCUT2D eigenvalue weighted by Crippen LogP contribution is 2.22. The van der Waals surface area contributed by atoms with E-state index in [4.69, 9.17) is 4.74 Å². The van der Waals surface area contributed by atoms with E-state index in [-0.39, 0.29) is 17.7 Å². The SMILES string of the molecule is CC(Oc1ccccc1F)C(=O)N1CCC(n2nccn2)CC1. The number of hydrogen-bond donors (Lipinski definition) is 0. The van der Waals surface area contributed by atoms with Crippen LogP contribution in [0.15, 0.2) is 36.7 Å². The molecule has 1 aromatic carbocycles. The van der Waals surface area contributed by atoms with Crippen LogP contribution in [0.1, 0.15) is 25.8 Å². The van der Waals surface area contributed by atoms with Gasteiger partial charge in [-0.2, -0.15) is 15.0 Å². The summed E-state index contributed by atoms with van der Waals surface area (Å²) in [7, 11) is 0. The minimum atomic E-state index is -0.716. The van der Waals surface area contributed by atoms with Gasteiger partial charge in [-0.05, 0) is 31.9 Å². The van der Waals surface area contributed by atoms with E-state index >= 15 is 0 Å². The fourth-order valence-electron chi connectivity index (χ4n) is 2.77. The molecule has 1 aliphatic heterocycles. The van der Waals surface area contributed by atoms with Gasteiger partial charge in [-0.3, -0.25) is 4.79 Å². The monoisotopic (exact) mass is 318 g/mol. The quantitative estimate of drug-likeness (QED) is 0.865. The second-order valence-corrected chi connectivity index (χ2v) is 5.60. The number of piperidine rings is 1. The lowest BCUT2D eigenvalue weighted by Gasteiger charge is -2.33. The lowest BCUT2D eigenvalue weighted by molar-refractivity contribution is -0.139. The van der Waals surface area contributed by atoms with Gasteiger partial charge in [0.15, 0.2) is 17.7 Å². The lowest BCUT2D eigenvalue weighted by atomic mass is 10.1. The highest BCUT2D eigenvalue weighted by Gasteiger charge is 2.28. The molecule has 0 spiro atoms. The van der Waals surface area contributed by atoms with Crippen molar-refractivity contribution in [3.05, 3.63) is 42.5 Å². The molecule has 122 valence electrons. The van der Waals surface area contributed by atoms with Crippen LogP contribution in [0, 0.1) is 5.82 Å². The molecule has 2 aromatic rings. The summed E-state index contributed by atoms with van der Waals surface area (Å²) in [5.74, 6) is -0.486. The third-order valence-electron chi connectivity index (χ3n) is 4.03. The molecule has 0 bridgehead atoms. The number of nitrogens with zero attached hydrogens (tertiary/aromatic N) is 4. The van der Waals surface area contributed by atoms with E-state index in [1.54, 1.807) is 41.1 Å². The number of likely N-dealkylation sites (tertiary alicyclic amines) is 1. The minimum Gasteiger partial charge on any atom is -0.478 e. The van der Waals surface area contributed by atoms with Gasteiger partial charge < -0.3 is 9.64 Å². The topological polar surface area (TPSA) is 60.2 Å². The summed E-state index contributed by atoms with van der Waals surface area (Å²) in [5, 5.41) is 8.29. The van der Waals surface area contributed by atoms with E-state index in [1.807, 2.05) is 0 Å². The van der Waals surface area contributed by atoms with Gasteiger partial charge in [-0.15, -0.1) is 0 Å². The Morgan fingerprint density at radius 1 is 1.26 bits per heavy atom. The van der Waals surface area contributed by atoms with Crippen molar-refractivity contribution < 1.29 is 13.9 Å². The molecular weight excluding hydrogens is 299 g/mol. The molecule has 0 radical (unpaired) electrons. The molecule has 1 amide bonds. The zero-order valence-corrected chi connectivity index (χ0v) is 12.9. The number of carbonyl (C=O) groups is 1. The Morgan fingerprint density at radius 2 is 1.91 bits per heavy atom. The number of hydrogen-bond acceptors (Lipinski definition) is 4. The number of para-hydroxylation sites is 1. The van der Waals surface area contributed by atoms with Gasteiger partial charge in [-0.1, -0.05) is 12.1 Å². The molecular formula is C16H19FN4O2. The summed E-state index contributed by atoms with van der Waals surface area (Å²) >= 11 is 0. The van der Waals surface area contributed by atoms with E-state index in [1.165, 1.54) is 12.1 Å². The molecule has 3 rings (SSSR count). The van der Waals surface area contributed by atoms with Gasteiger partial charge in [0.1, 0.15) is 0 Å². The Balaban J connectivity index is 1.55. The Kier molecular flexibility index (Phi) is 4.55. The zero-order chi connectivity index (χ0) is 16.2. The first-order chi connectivity index (χ1) is 11.1. The molecule has 0 N–H and O–H groups in total. The molecule has 2 heterocycles. The number of aromatic nitrogens is 3. The van der Waals surface area contributed by atoms with E-state index in [0.29, 0.717) is 13.1 Å². The summed E-state index contributed by atoms with van der Waals surface area (Å²) in [6, 6.07) is 6.32. The van der Waals surface area contributed by atoms with Gasteiger partial charge in [0.05, 0.1) is 18.4 Å². The van der Waals surface area contributed by atoms with Gasteiger partial charge in [0.25, 0.3) is 5.91 Å². The molecule has 1 atom stereocenters. The normalized spacial score (nSPS) is 17.0. The molecule has 1 fully saturated rings. The molecule has 0 saturated carbocycles. The Morgan fingerprint density at radius 3 is 2.57 bits per heavy atom. The lowest BCUT2D eigenvalue weighted by Crippen LogP contribution is -2.45. The van der Waals surface area contributed by atoms with E-state index < -0.39 is 11.9 Å². The predicted octanol–water partition coefficient (Wildman–Crippen LogP) is 2.05. The maximum Gasteiger partial charge on any atom is 0.263 e. The third-order valence-corrected chi connectivity index (χ3v) is 4.03. The smallest absolute Gasteiger partial charge is 0.263 e. The standard InChI is InChI=1S/C16H19FN4O2/c1-12(23-15-5-3-2-4-14(15)17)16(22)20-10-6-13(7-11-20)21-18-8-9-19-21/h2-5,8-9,12-13H,6-7,10-11H2,1H3. The third kappa shape index (κ3) is 3.49. The van der Waals surface area contributed by atoms with Gasteiger partial charge in [-0.25, -0.2) is 4.39 Å². The minimum absolute atomic E-state index is 0.101. The fourth-order valence-corrected chi connectivity index (χ4v) is 2.77. The van der Waals surface area contributed by atoms with Crippen molar-refractivity contribution in [1.29, 1.82) is 0 Å². The number of carbonyl (C=O) groups excluding carboxylic acids is 1. The number of ether oxygens (including phenoxy) is 1. The number of halogens is 1. The molecule has 0 aliphatic carbocycles. The number of amides is 1. The molecule has 23 heavy (non-hydrogen) atoms. The highest BCUT2D eigenvalue weighted by atomic mass is 19.1. The maximum atomic E-state index is 13.6. The Hall–Kier alpha value is -2.44. The van der Waals surface area contributed by atoms with Crippen molar-refractivity contribution in [3.8, 4) is 5.75 Å². The summed E-state index contributed by atoms with van der Waals surface area (Å²) in [4.78, 5) is 15.9. The summed E-state index contributed by atoms with van der Waals surface area (Å²) in [5.41, 5.74) is 0. The van der Waals surface area contributed by atoms with Crippen LogP contribution in [0.5, 0.6) is 5.75 Å². The first-order valence-electron chi connectivity index (χ1n) is 7.71. The highest BCUT2D eigenvalue weighted by molar-refractivity contribution is 5.81. The summed E-state index contributed by atoms with van der Waals surface area (Å²) in [6.45, 7) is 2.89. The van der Waals surface area contributed by atoms with Crippen molar-refractivity contribution >= 4 is 5.91 Å². The number of rotatable bonds is 4. The largest absolute Gasteiger partial charge is 0.478 e. The van der Waals surface area contributed by atoms with Crippen LogP contribution >= 0.6 is 0 Å². The first kappa shape index (κ1) is 15.5. The molecule has 1 aromatic heterocycles. The molecule has 1 saturated heterocycles. The molecule has 7 heteroatoms. The molecule has 1 aliphatic rings. The first-order valence-corrected chi connectivity index (χ1v) is 7.71. The average molecular weight is 318 g/mol. The van der Waals surface area contributed by atoms with Crippen molar-refractivity contribution in [3.63, 3.8) is 0 Å². The van der Waals surface area contributed by atoms with Crippen molar-refractivity contribution in [2.45, 2.75) is 31.9 Å². The van der Waals surface area contributed by atoms with Crippen molar-refractivity contribution in [1.82, 2.24) is 19.9 Å². The summed E-state index contributed by atoms with van der Waals surface area (Å²) < 4.78 is 19.1. The van der Waals surface area contributed by atoms with E-state index in [0.717, 1.165) is 12.8 Å². The van der Waals surface area contributed by atoms with Crippen LogP contribution in [-0.4, -0.2) is 45.0 Å². The van der Waals surface area contributed by atoms with E-state index in [9.17, 15) is 9.18 Å². The van der Waals surface area contributed by atoms with Crippen LogP contribution in [-0.2, 0) is 4.79 Å². The van der Waals surface area contributed by atoms with Gasteiger partial charge >= 0.3 is 0 Å². The average Bonchev–Trinajstić information content (AvgIpc) is 3.11. The van der Waals surface area contributed by atoms with Crippen LogP contribution < -0.4 is 4.74 Å². The molecule has 6 nitrogen and oxygen atoms in total. The van der Waals surface area contributed by atoms with Crippen LogP contribution in [0.4, 0.5) is 4.39 Å².